The lowest BCUT2D eigenvalue weighted by Gasteiger charge is -2.35. The van der Waals surface area contributed by atoms with Crippen LogP contribution in [0.4, 0.5) is 0 Å². The number of carbonyl (C=O) groups is 1. The van der Waals surface area contributed by atoms with Gasteiger partial charge in [-0.15, -0.1) is 0 Å². The van der Waals surface area contributed by atoms with Crippen molar-refractivity contribution in [1.82, 2.24) is 5.32 Å². The molecule has 3 aliphatic rings. The summed E-state index contributed by atoms with van der Waals surface area (Å²) in [7, 11) is 3.26. The lowest BCUT2D eigenvalue weighted by atomic mass is 9.71. The second kappa shape index (κ2) is 5.08. The summed E-state index contributed by atoms with van der Waals surface area (Å²) in [6, 6.07) is 2.23. The molecule has 2 N–H and O–H groups in total. The van der Waals surface area contributed by atoms with Crippen LogP contribution in [0.5, 0.6) is 11.5 Å². The predicted molar refractivity (Wildman–Crippen MR) is 85.1 cm³/mol. The fraction of sp³-hybridized carbons (Fsp3) is 0.500. The predicted octanol–water partition coefficient (Wildman–Crippen LogP) is 1.42. The largest absolute Gasteiger partial charge is 0.493 e. The first-order valence-electron chi connectivity index (χ1n) is 8.02. The summed E-state index contributed by atoms with van der Waals surface area (Å²) in [5.74, 6) is 1.34. The Bertz CT molecular complexity index is 711. The van der Waals surface area contributed by atoms with Crippen molar-refractivity contribution < 1.29 is 19.4 Å². The van der Waals surface area contributed by atoms with Gasteiger partial charge >= 0.3 is 0 Å². The minimum Gasteiger partial charge on any atom is -0.493 e. The van der Waals surface area contributed by atoms with Crippen LogP contribution < -0.4 is 14.8 Å². The number of ketones is 1. The van der Waals surface area contributed by atoms with E-state index < -0.39 is 11.5 Å². The molecule has 0 bridgehead atoms. The molecule has 3 atom stereocenters. The van der Waals surface area contributed by atoms with Gasteiger partial charge in [0.1, 0.15) is 0 Å². The summed E-state index contributed by atoms with van der Waals surface area (Å²) >= 11 is 0. The van der Waals surface area contributed by atoms with Crippen LogP contribution in [0.1, 0.15) is 35.6 Å². The molecule has 5 nitrogen and oxygen atoms in total. The molecule has 0 radical (unpaired) electrons. The number of allylic oxidation sites excluding steroid dienone is 1. The van der Waals surface area contributed by atoms with E-state index in [1.165, 1.54) is 11.1 Å². The van der Waals surface area contributed by atoms with Gasteiger partial charge in [0, 0.05) is 23.4 Å². The van der Waals surface area contributed by atoms with Crippen LogP contribution in [0.3, 0.4) is 0 Å². The highest BCUT2D eigenvalue weighted by atomic mass is 16.5. The Labute approximate surface area is 135 Å². The molecule has 2 aliphatic carbocycles. The maximum Gasteiger partial charge on any atom is 0.165 e. The standard InChI is InChI=1S/C18H21NO4/c1-22-13-7-10-4-6-19-12-9-18(5-3-11(20)8-14(18)21)16(15(10)12)17(13)23-2/h3,5,7,12,14,19,21H,4,6,8-9H2,1-2H3/t12-,14-,18+/m1/s1. The van der Waals surface area contributed by atoms with Gasteiger partial charge in [-0.3, -0.25) is 4.79 Å². The molecule has 1 aliphatic heterocycles. The second-order valence-corrected chi connectivity index (χ2v) is 6.58. The quantitative estimate of drug-likeness (QED) is 0.864. The molecule has 0 aromatic heterocycles. The highest BCUT2D eigenvalue weighted by Crippen LogP contribution is 2.57. The van der Waals surface area contributed by atoms with Gasteiger partial charge in [0.15, 0.2) is 17.3 Å². The smallest absolute Gasteiger partial charge is 0.165 e. The molecule has 1 heterocycles. The number of nitrogens with one attached hydrogen (secondary N) is 1. The first kappa shape index (κ1) is 14.7. The van der Waals surface area contributed by atoms with Gasteiger partial charge in [-0.25, -0.2) is 0 Å². The van der Waals surface area contributed by atoms with Gasteiger partial charge in [-0.1, -0.05) is 6.08 Å². The Morgan fingerprint density at radius 1 is 1.35 bits per heavy atom. The highest BCUT2D eigenvalue weighted by Gasteiger charge is 2.52. The number of carbonyl (C=O) groups excluding carboxylic acids is 1. The average Bonchev–Trinajstić information content (AvgIpc) is 2.89. The highest BCUT2D eigenvalue weighted by molar-refractivity contribution is 5.92. The first-order chi connectivity index (χ1) is 11.1. The van der Waals surface area contributed by atoms with E-state index in [1.807, 2.05) is 6.08 Å². The Hall–Kier alpha value is -1.85. The van der Waals surface area contributed by atoms with Crippen LogP contribution in [0, 0.1) is 0 Å². The molecular weight excluding hydrogens is 294 g/mol. The number of methoxy groups -OCH3 is 2. The lowest BCUT2D eigenvalue weighted by molar-refractivity contribution is -0.118. The third kappa shape index (κ3) is 1.90. The number of rotatable bonds is 2. The summed E-state index contributed by atoms with van der Waals surface area (Å²) < 4.78 is 11.2. The molecule has 0 saturated heterocycles. The summed E-state index contributed by atoms with van der Waals surface area (Å²) in [4.78, 5) is 11.7. The van der Waals surface area contributed by atoms with E-state index in [0.717, 1.165) is 24.9 Å². The Morgan fingerprint density at radius 3 is 2.87 bits per heavy atom. The fourth-order valence-corrected chi connectivity index (χ4v) is 4.47. The molecule has 5 heteroatoms. The normalized spacial score (nSPS) is 31.3. The van der Waals surface area contributed by atoms with Crippen molar-refractivity contribution in [1.29, 1.82) is 0 Å². The van der Waals surface area contributed by atoms with Gasteiger partial charge in [0.05, 0.1) is 20.3 Å². The van der Waals surface area contributed by atoms with Crippen LogP contribution in [-0.4, -0.2) is 37.8 Å². The van der Waals surface area contributed by atoms with Crippen molar-refractivity contribution in [3.8, 4) is 11.5 Å². The number of aliphatic hydroxyl groups excluding tert-OH is 1. The zero-order valence-electron chi connectivity index (χ0n) is 13.4. The van der Waals surface area contributed by atoms with Gasteiger partial charge in [0.25, 0.3) is 0 Å². The lowest BCUT2D eigenvalue weighted by Crippen LogP contribution is -2.41. The minimum absolute atomic E-state index is 0.0296. The van der Waals surface area contributed by atoms with Gasteiger partial charge in [0.2, 0.25) is 0 Å². The van der Waals surface area contributed by atoms with Crippen LogP contribution in [0.25, 0.3) is 0 Å². The monoisotopic (exact) mass is 315 g/mol. The van der Waals surface area contributed by atoms with E-state index in [1.54, 1.807) is 20.3 Å². The van der Waals surface area contributed by atoms with E-state index in [-0.39, 0.29) is 18.2 Å². The second-order valence-electron chi connectivity index (χ2n) is 6.58. The molecule has 122 valence electrons. The number of benzene rings is 1. The maximum atomic E-state index is 11.7. The number of aliphatic hydroxyl groups is 1. The molecule has 0 fully saturated rings. The van der Waals surface area contributed by atoms with Crippen LogP contribution in [-0.2, 0) is 16.6 Å². The van der Waals surface area contributed by atoms with Crippen LogP contribution in [0.15, 0.2) is 18.2 Å². The summed E-state index contributed by atoms with van der Waals surface area (Å²) in [6.45, 7) is 0.904. The Morgan fingerprint density at radius 2 is 2.17 bits per heavy atom. The van der Waals surface area contributed by atoms with E-state index in [0.29, 0.717) is 11.5 Å². The molecular formula is C18H21NO4. The molecule has 0 unspecified atom stereocenters. The van der Waals surface area contributed by atoms with Crippen molar-refractivity contribution in [3.05, 3.63) is 34.9 Å². The van der Waals surface area contributed by atoms with Crippen molar-refractivity contribution in [2.75, 3.05) is 20.8 Å². The molecule has 23 heavy (non-hydrogen) atoms. The zero-order valence-corrected chi connectivity index (χ0v) is 13.4. The summed E-state index contributed by atoms with van der Waals surface area (Å²) in [6.07, 6.45) is 4.56. The van der Waals surface area contributed by atoms with Crippen LogP contribution in [0.2, 0.25) is 0 Å². The third-order valence-corrected chi connectivity index (χ3v) is 5.49. The Kier molecular flexibility index (Phi) is 3.25. The third-order valence-electron chi connectivity index (χ3n) is 5.49. The summed E-state index contributed by atoms with van der Waals surface area (Å²) in [5.41, 5.74) is 2.87. The fourth-order valence-electron chi connectivity index (χ4n) is 4.47. The molecule has 1 aromatic rings. The SMILES string of the molecule is COc1cc2c3c(c1OC)[C@@]1(C=CC(=O)C[C@H]1O)C[C@H]3NCC2. The van der Waals surface area contributed by atoms with Crippen molar-refractivity contribution in [3.63, 3.8) is 0 Å². The molecule has 0 amide bonds. The number of hydrogen-bond donors (Lipinski definition) is 2. The Balaban J connectivity index is 2.02. The number of fused-ring (bicyclic) bond motifs is 1. The van der Waals surface area contributed by atoms with E-state index in [9.17, 15) is 9.90 Å². The van der Waals surface area contributed by atoms with Gasteiger partial charge in [-0.05, 0) is 42.7 Å². The van der Waals surface area contributed by atoms with Crippen molar-refractivity contribution >= 4 is 5.78 Å². The van der Waals surface area contributed by atoms with Gasteiger partial charge in [-0.2, -0.15) is 0 Å². The first-order valence-corrected chi connectivity index (χ1v) is 8.02. The topological polar surface area (TPSA) is 67.8 Å². The van der Waals surface area contributed by atoms with E-state index in [2.05, 4.69) is 11.4 Å². The molecule has 1 spiro atoms. The molecule has 4 rings (SSSR count). The van der Waals surface area contributed by atoms with E-state index in [4.69, 9.17) is 9.47 Å². The van der Waals surface area contributed by atoms with Crippen molar-refractivity contribution in [2.45, 2.75) is 36.8 Å². The van der Waals surface area contributed by atoms with Gasteiger partial charge < -0.3 is 19.9 Å². The molecule has 0 saturated carbocycles. The zero-order chi connectivity index (χ0) is 16.2. The average molecular weight is 315 g/mol. The maximum absolute atomic E-state index is 11.7. The van der Waals surface area contributed by atoms with E-state index >= 15 is 0 Å². The van der Waals surface area contributed by atoms with Crippen molar-refractivity contribution in [2.24, 2.45) is 0 Å². The minimum atomic E-state index is -0.738. The summed E-state index contributed by atoms with van der Waals surface area (Å²) in [5, 5.41) is 14.3. The number of ether oxygens (including phenoxy) is 2. The van der Waals surface area contributed by atoms with Crippen LogP contribution >= 0.6 is 0 Å². The molecule has 1 aromatic carbocycles. The number of hydrogen-bond acceptors (Lipinski definition) is 5.